The van der Waals surface area contributed by atoms with Crippen molar-refractivity contribution in [3.63, 3.8) is 0 Å². The predicted octanol–water partition coefficient (Wildman–Crippen LogP) is 2.69. The molecule has 6 heteroatoms. The van der Waals surface area contributed by atoms with Gasteiger partial charge >= 0.3 is 0 Å². The highest BCUT2D eigenvalue weighted by molar-refractivity contribution is 7.97. The Hall–Kier alpha value is -1.92. The van der Waals surface area contributed by atoms with Crippen molar-refractivity contribution in [3.05, 3.63) is 82.6 Å². The summed E-state index contributed by atoms with van der Waals surface area (Å²) in [5, 5.41) is 1.55. The lowest BCUT2D eigenvalue weighted by molar-refractivity contribution is 0.599. The fourth-order valence-electron chi connectivity index (χ4n) is 1.88. The third-order valence-corrected chi connectivity index (χ3v) is 5.64. The van der Waals surface area contributed by atoms with Gasteiger partial charge in [0, 0.05) is 10.8 Å². The third kappa shape index (κ3) is 5.46. The average molecular weight is 336 g/mol. The van der Waals surface area contributed by atoms with Crippen LogP contribution in [0, 0.1) is 0 Å². The van der Waals surface area contributed by atoms with Crippen LogP contribution >= 0.6 is 0 Å². The molecule has 2 rings (SSSR count). The molecule has 2 aromatic carbocycles. The molecule has 2 aromatic rings. The van der Waals surface area contributed by atoms with E-state index in [-0.39, 0.29) is 11.5 Å². The molecule has 0 aliphatic carbocycles. The van der Waals surface area contributed by atoms with Crippen LogP contribution in [0.15, 0.2) is 71.5 Å². The lowest BCUT2D eigenvalue weighted by atomic mass is 10.2. The average Bonchev–Trinajstić information content (AvgIpc) is 2.47. The SMILES string of the molecule is O=S(=O)(/C=C/S(=O)(=O)Cc1ccccc1)Cc1ccccc1. The Balaban J connectivity index is 2.09. The van der Waals surface area contributed by atoms with Crippen LogP contribution in [0.3, 0.4) is 0 Å². The van der Waals surface area contributed by atoms with Gasteiger partial charge in [0.2, 0.25) is 0 Å². The largest absolute Gasteiger partial charge is 0.224 e. The van der Waals surface area contributed by atoms with Gasteiger partial charge in [-0.1, -0.05) is 60.7 Å². The van der Waals surface area contributed by atoms with E-state index in [2.05, 4.69) is 0 Å². The van der Waals surface area contributed by atoms with Crippen LogP contribution in [0.25, 0.3) is 0 Å². The minimum Gasteiger partial charge on any atom is -0.224 e. The van der Waals surface area contributed by atoms with Crippen molar-refractivity contribution < 1.29 is 16.8 Å². The minimum absolute atomic E-state index is 0.217. The molecule has 0 atom stereocenters. The Kier molecular flexibility index (Phi) is 5.15. The topological polar surface area (TPSA) is 68.3 Å². The minimum atomic E-state index is -3.62. The molecule has 4 nitrogen and oxygen atoms in total. The standard InChI is InChI=1S/C16H16O4S2/c17-21(18,13-15-7-3-1-4-8-15)11-12-22(19,20)14-16-9-5-2-6-10-16/h1-12H,13-14H2/b12-11+. The monoisotopic (exact) mass is 336 g/mol. The van der Waals surface area contributed by atoms with E-state index in [9.17, 15) is 16.8 Å². The van der Waals surface area contributed by atoms with Crippen LogP contribution < -0.4 is 0 Å². The van der Waals surface area contributed by atoms with Crippen LogP contribution in [0.5, 0.6) is 0 Å². The summed E-state index contributed by atoms with van der Waals surface area (Å²) in [6.07, 6.45) is 0. The summed E-state index contributed by atoms with van der Waals surface area (Å²) in [5.74, 6) is -0.434. The number of rotatable bonds is 6. The lowest BCUT2D eigenvalue weighted by Crippen LogP contribution is -2.04. The molecule has 0 aliphatic rings. The van der Waals surface area contributed by atoms with Crippen molar-refractivity contribution in [3.8, 4) is 0 Å². The van der Waals surface area contributed by atoms with Crippen molar-refractivity contribution in [2.45, 2.75) is 11.5 Å². The second-order valence-corrected chi connectivity index (χ2v) is 8.63. The van der Waals surface area contributed by atoms with Crippen LogP contribution in [0.2, 0.25) is 0 Å². The van der Waals surface area contributed by atoms with Crippen LogP contribution in [0.1, 0.15) is 11.1 Å². The first-order valence-electron chi connectivity index (χ1n) is 6.58. The van der Waals surface area contributed by atoms with Gasteiger partial charge in [0.15, 0.2) is 19.7 Å². The predicted molar refractivity (Wildman–Crippen MR) is 87.3 cm³/mol. The van der Waals surface area contributed by atoms with Gasteiger partial charge in [-0.2, -0.15) is 0 Å². The zero-order valence-electron chi connectivity index (χ0n) is 11.8. The van der Waals surface area contributed by atoms with Gasteiger partial charge in [0.1, 0.15) is 0 Å². The van der Waals surface area contributed by atoms with Crippen molar-refractivity contribution in [2.75, 3.05) is 0 Å². The molecule has 0 amide bonds. The summed E-state index contributed by atoms with van der Waals surface area (Å²) in [7, 11) is -7.24. The molecule has 0 unspecified atom stereocenters. The van der Waals surface area contributed by atoms with E-state index in [4.69, 9.17) is 0 Å². The second kappa shape index (κ2) is 6.89. The fraction of sp³-hybridized carbons (Fsp3) is 0.125. The Morgan fingerprint density at radius 1 is 0.591 bits per heavy atom. The normalized spacial score (nSPS) is 12.5. The first-order valence-corrected chi connectivity index (χ1v) is 10.0. The lowest BCUT2D eigenvalue weighted by Gasteiger charge is -2.01. The maximum atomic E-state index is 11.9. The maximum absolute atomic E-state index is 11.9. The third-order valence-electron chi connectivity index (χ3n) is 2.89. The van der Waals surface area contributed by atoms with Gasteiger partial charge in [-0.05, 0) is 11.1 Å². The van der Waals surface area contributed by atoms with Crippen molar-refractivity contribution in [1.29, 1.82) is 0 Å². The van der Waals surface area contributed by atoms with E-state index < -0.39 is 19.7 Å². The molecule has 0 saturated carbocycles. The van der Waals surface area contributed by atoms with E-state index in [0.717, 1.165) is 10.8 Å². The highest BCUT2D eigenvalue weighted by Crippen LogP contribution is 2.11. The van der Waals surface area contributed by atoms with Crippen molar-refractivity contribution in [2.24, 2.45) is 0 Å². The van der Waals surface area contributed by atoms with Gasteiger partial charge in [-0.15, -0.1) is 0 Å². The van der Waals surface area contributed by atoms with Crippen molar-refractivity contribution in [1.82, 2.24) is 0 Å². The molecule has 22 heavy (non-hydrogen) atoms. The first kappa shape index (κ1) is 16.5. The second-order valence-electron chi connectivity index (χ2n) is 4.86. The Morgan fingerprint density at radius 2 is 0.909 bits per heavy atom. The van der Waals surface area contributed by atoms with Crippen LogP contribution in [-0.2, 0) is 31.2 Å². The Morgan fingerprint density at radius 3 is 1.23 bits per heavy atom. The summed E-state index contributed by atoms with van der Waals surface area (Å²) in [6.45, 7) is 0. The molecule has 0 bridgehead atoms. The van der Waals surface area contributed by atoms with Crippen molar-refractivity contribution >= 4 is 19.7 Å². The zero-order chi connectivity index (χ0) is 16.1. The summed E-state index contributed by atoms with van der Waals surface area (Å²) < 4.78 is 47.8. The summed E-state index contributed by atoms with van der Waals surface area (Å²) in [4.78, 5) is 0. The van der Waals surface area contributed by atoms with Gasteiger partial charge in [0.05, 0.1) is 11.5 Å². The van der Waals surface area contributed by atoms with Gasteiger partial charge in [0.25, 0.3) is 0 Å². The molecule has 0 heterocycles. The van der Waals surface area contributed by atoms with E-state index in [1.807, 2.05) is 0 Å². The number of hydrogen-bond donors (Lipinski definition) is 0. The molecule has 0 aliphatic heterocycles. The zero-order valence-corrected chi connectivity index (χ0v) is 13.4. The van der Waals surface area contributed by atoms with Gasteiger partial charge < -0.3 is 0 Å². The van der Waals surface area contributed by atoms with Crippen LogP contribution in [0.4, 0.5) is 0 Å². The quantitative estimate of drug-likeness (QED) is 0.813. The van der Waals surface area contributed by atoms with Gasteiger partial charge in [-0.3, -0.25) is 0 Å². The highest BCUT2D eigenvalue weighted by atomic mass is 32.2. The molecule has 0 radical (unpaired) electrons. The van der Waals surface area contributed by atoms with Gasteiger partial charge in [-0.25, -0.2) is 16.8 Å². The first-order chi connectivity index (χ1) is 10.4. The summed E-state index contributed by atoms with van der Waals surface area (Å²) in [6, 6.07) is 17.3. The summed E-state index contributed by atoms with van der Waals surface area (Å²) >= 11 is 0. The maximum Gasteiger partial charge on any atom is 0.176 e. The summed E-state index contributed by atoms with van der Waals surface area (Å²) in [5.41, 5.74) is 1.24. The Bertz CT molecular complexity index is 764. The number of benzene rings is 2. The molecule has 0 fully saturated rings. The molecule has 0 aromatic heterocycles. The molecule has 0 spiro atoms. The number of sulfone groups is 2. The number of hydrogen-bond acceptors (Lipinski definition) is 4. The highest BCUT2D eigenvalue weighted by Gasteiger charge is 2.12. The Labute approximate surface area is 131 Å². The van der Waals surface area contributed by atoms with E-state index in [0.29, 0.717) is 11.1 Å². The molecular weight excluding hydrogens is 320 g/mol. The van der Waals surface area contributed by atoms with E-state index in [1.54, 1.807) is 60.7 Å². The van der Waals surface area contributed by atoms with E-state index in [1.165, 1.54) is 0 Å². The molecule has 0 saturated heterocycles. The fourth-order valence-corrected chi connectivity index (χ4v) is 4.74. The molecule has 0 N–H and O–H groups in total. The van der Waals surface area contributed by atoms with E-state index >= 15 is 0 Å². The molecule has 116 valence electrons. The molecular formula is C16H16O4S2. The smallest absolute Gasteiger partial charge is 0.176 e. The van der Waals surface area contributed by atoms with Crippen LogP contribution in [-0.4, -0.2) is 16.8 Å².